The van der Waals surface area contributed by atoms with Gasteiger partial charge in [-0.05, 0) is 151 Å². The van der Waals surface area contributed by atoms with Gasteiger partial charge in [0, 0.05) is 22.5 Å². The molecule has 62 heavy (non-hydrogen) atoms. The quantitative estimate of drug-likeness (QED) is 0.148. The van der Waals surface area contributed by atoms with E-state index in [2.05, 4.69) is 229 Å². The normalized spacial score (nSPS) is 18.1. The molecule has 2 fully saturated rings. The van der Waals surface area contributed by atoms with Gasteiger partial charge >= 0.3 is 0 Å². The molecule has 0 saturated heterocycles. The molecule has 0 radical (unpaired) electrons. The van der Waals surface area contributed by atoms with Crippen LogP contribution in [0.4, 0.5) is 17.1 Å². The fourth-order valence-corrected chi connectivity index (χ4v) is 11.4. The van der Waals surface area contributed by atoms with Gasteiger partial charge in [0.2, 0.25) is 0 Å². The number of rotatable bonds is 8. The maximum Gasteiger partial charge on any atom is 0.0462 e. The summed E-state index contributed by atoms with van der Waals surface area (Å²) in [5.41, 5.74) is 22.0. The highest BCUT2D eigenvalue weighted by molar-refractivity contribution is 5.86. The molecule has 2 saturated carbocycles. The van der Waals surface area contributed by atoms with Crippen molar-refractivity contribution in [2.75, 3.05) is 4.90 Å². The van der Waals surface area contributed by atoms with Crippen molar-refractivity contribution in [3.05, 3.63) is 236 Å². The van der Waals surface area contributed by atoms with Crippen LogP contribution >= 0.6 is 0 Å². The highest BCUT2D eigenvalue weighted by atomic mass is 15.1. The summed E-state index contributed by atoms with van der Waals surface area (Å²) >= 11 is 0. The lowest BCUT2D eigenvalue weighted by Gasteiger charge is -2.36. The third-order valence-corrected chi connectivity index (χ3v) is 14.4. The Morgan fingerprint density at radius 3 is 1.13 bits per heavy atom. The van der Waals surface area contributed by atoms with Gasteiger partial charge in [0.05, 0.1) is 0 Å². The van der Waals surface area contributed by atoms with Crippen molar-refractivity contribution in [3.8, 4) is 66.8 Å². The minimum absolute atomic E-state index is 0.205. The van der Waals surface area contributed by atoms with E-state index >= 15 is 0 Å². The number of hydrogen-bond donors (Lipinski definition) is 0. The molecule has 3 unspecified atom stereocenters. The molecular weight excluding hydrogens is 747 g/mol. The lowest BCUT2D eigenvalue weighted by Crippen LogP contribution is -2.31. The molecule has 2 bridgehead atoms. The van der Waals surface area contributed by atoms with Gasteiger partial charge in [-0.25, -0.2) is 0 Å². The summed E-state index contributed by atoms with van der Waals surface area (Å²) in [6.07, 6.45) is 5.49. The second-order valence-electron chi connectivity index (χ2n) is 17.7. The first-order chi connectivity index (χ1) is 30.7. The second-order valence-corrected chi connectivity index (χ2v) is 17.7. The topological polar surface area (TPSA) is 3.24 Å². The Hall–Kier alpha value is -7.22. The van der Waals surface area contributed by atoms with E-state index in [-0.39, 0.29) is 5.41 Å². The van der Waals surface area contributed by atoms with Gasteiger partial charge < -0.3 is 4.90 Å². The van der Waals surface area contributed by atoms with Crippen LogP contribution in [0.15, 0.2) is 224 Å². The zero-order valence-corrected chi connectivity index (χ0v) is 34.8. The van der Waals surface area contributed by atoms with Crippen LogP contribution in [0, 0.1) is 11.8 Å². The summed E-state index contributed by atoms with van der Waals surface area (Å²) in [5.74, 6) is 1.65. The van der Waals surface area contributed by atoms with Crippen LogP contribution in [0.5, 0.6) is 0 Å². The van der Waals surface area contributed by atoms with Gasteiger partial charge in [0.1, 0.15) is 0 Å². The Kier molecular flexibility index (Phi) is 8.89. The molecule has 0 N–H and O–H groups in total. The molecule has 0 aliphatic heterocycles. The average Bonchev–Trinajstić information content (AvgIpc) is 4.05. The summed E-state index contributed by atoms with van der Waals surface area (Å²) in [4.78, 5) is 2.35. The summed E-state index contributed by atoms with van der Waals surface area (Å²) in [6.45, 7) is 0. The lowest BCUT2D eigenvalue weighted by atomic mass is 9.66. The highest BCUT2D eigenvalue weighted by Crippen LogP contribution is 2.65. The number of nitrogens with zero attached hydrogens (tertiary/aromatic N) is 1. The van der Waals surface area contributed by atoms with Crippen molar-refractivity contribution >= 4 is 17.1 Å². The first kappa shape index (κ1) is 36.6. The predicted molar refractivity (Wildman–Crippen MR) is 260 cm³/mol. The minimum atomic E-state index is 0.205. The fraction of sp³-hybridized carbons (Fsp3) is 0.115. The average molecular weight is 794 g/mol. The third-order valence-electron chi connectivity index (χ3n) is 14.4. The van der Waals surface area contributed by atoms with E-state index in [1.54, 1.807) is 11.1 Å². The van der Waals surface area contributed by atoms with Gasteiger partial charge in [0.15, 0.2) is 0 Å². The zero-order chi connectivity index (χ0) is 41.0. The van der Waals surface area contributed by atoms with E-state index in [4.69, 9.17) is 0 Å². The van der Waals surface area contributed by atoms with Crippen LogP contribution in [0.1, 0.15) is 36.8 Å². The van der Waals surface area contributed by atoms with Crippen molar-refractivity contribution < 1.29 is 0 Å². The van der Waals surface area contributed by atoms with Gasteiger partial charge in [-0.1, -0.05) is 188 Å². The SMILES string of the molecule is c1ccc(-c2ccc(N(c3ccc(-c4ccccc4)cc3)c3ccc(-c4ccc(-c5ccc(-c6ccc7c(c6)C6(CC8CCC6C8)c6ccccc6-7)cc5)cc4)cc3)cc2)cc1. The van der Waals surface area contributed by atoms with Gasteiger partial charge in [-0.2, -0.15) is 0 Å². The molecule has 0 amide bonds. The molecule has 3 aliphatic rings. The Bertz CT molecular complexity index is 2940. The summed E-state index contributed by atoms with van der Waals surface area (Å²) in [7, 11) is 0. The van der Waals surface area contributed by atoms with Crippen molar-refractivity contribution in [2.24, 2.45) is 11.8 Å². The van der Waals surface area contributed by atoms with Crippen LogP contribution in [0.2, 0.25) is 0 Å². The molecule has 3 atom stereocenters. The third kappa shape index (κ3) is 6.22. The molecule has 1 spiro atoms. The highest BCUT2D eigenvalue weighted by Gasteiger charge is 2.56. The summed E-state index contributed by atoms with van der Waals surface area (Å²) < 4.78 is 0. The van der Waals surface area contributed by atoms with Crippen molar-refractivity contribution in [1.82, 2.24) is 0 Å². The molecular formula is C61H47N. The van der Waals surface area contributed by atoms with E-state index in [1.807, 2.05) is 0 Å². The van der Waals surface area contributed by atoms with E-state index in [9.17, 15) is 0 Å². The van der Waals surface area contributed by atoms with Crippen LogP contribution in [0.3, 0.4) is 0 Å². The van der Waals surface area contributed by atoms with Crippen molar-refractivity contribution in [3.63, 3.8) is 0 Å². The summed E-state index contributed by atoms with van der Waals surface area (Å²) in [5, 5.41) is 0. The largest absolute Gasteiger partial charge is 0.311 e. The van der Waals surface area contributed by atoms with Crippen molar-refractivity contribution in [2.45, 2.75) is 31.1 Å². The zero-order valence-electron chi connectivity index (χ0n) is 34.8. The Morgan fingerprint density at radius 1 is 0.323 bits per heavy atom. The van der Waals surface area contributed by atoms with Crippen LogP contribution in [0.25, 0.3) is 66.8 Å². The number of fused-ring (bicyclic) bond motifs is 8. The van der Waals surface area contributed by atoms with Gasteiger partial charge in [0.25, 0.3) is 0 Å². The Labute approximate surface area is 365 Å². The van der Waals surface area contributed by atoms with E-state index in [0.717, 1.165) is 28.9 Å². The molecule has 1 heteroatoms. The summed E-state index contributed by atoms with van der Waals surface area (Å²) in [6, 6.07) is 82.8. The second kappa shape index (κ2) is 15.0. The first-order valence-electron chi connectivity index (χ1n) is 22.3. The Balaban J connectivity index is 0.799. The molecule has 9 aromatic carbocycles. The molecule has 3 aliphatic carbocycles. The minimum Gasteiger partial charge on any atom is -0.311 e. The molecule has 12 rings (SSSR count). The van der Waals surface area contributed by atoms with E-state index in [0.29, 0.717) is 0 Å². The number of anilines is 3. The van der Waals surface area contributed by atoms with Gasteiger partial charge in [-0.3, -0.25) is 0 Å². The first-order valence-corrected chi connectivity index (χ1v) is 22.3. The smallest absolute Gasteiger partial charge is 0.0462 e. The maximum atomic E-state index is 2.55. The number of hydrogen-bond acceptors (Lipinski definition) is 1. The molecule has 0 heterocycles. The molecule has 1 nitrogen and oxygen atoms in total. The van der Waals surface area contributed by atoms with Crippen molar-refractivity contribution in [1.29, 1.82) is 0 Å². The van der Waals surface area contributed by atoms with Crippen LogP contribution in [-0.4, -0.2) is 0 Å². The fourth-order valence-electron chi connectivity index (χ4n) is 11.4. The van der Waals surface area contributed by atoms with Gasteiger partial charge in [-0.15, -0.1) is 0 Å². The van der Waals surface area contributed by atoms with E-state index < -0.39 is 0 Å². The van der Waals surface area contributed by atoms with E-state index in [1.165, 1.54) is 92.4 Å². The predicted octanol–water partition coefficient (Wildman–Crippen LogP) is 16.6. The molecule has 0 aromatic heterocycles. The Morgan fingerprint density at radius 2 is 0.694 bits per heavy atom. The molecule has 9 aromatic rings. The lowest BCUT2D eigenvalue weighted by molar-refractivity contribution is 0.327. The number of benzene rings is 9. The van der Waals surface area contributed by atoms with Crippen LogP contribution in [-0.2, 0) is 5.41 Å². The standard InChI is InChI=1S/C61H47N/c1-3-9-43(10-4-1)48-24-32-54(33-25-48)62(55-34-26-49(27-35-55)44-11-5-2-6-12-44)56-36-28-50(29-37-56)47-18-16-45(17-19-47)46-20-22-51(23-21-46)52-30-38-58-57-13-7-8-14-59(57)61(60(58)40-52)41-42-15-31-53(61)39-42/h1-14,16-30,32-38,40,42,53H,15,31,39,41H2. The molecule has 296 valence electrons. The van der Waals surface area contributed by atoms with Crippen LogP contribution < -0.4 is 4.90 Å². The monoisotopic (exact) mass is 793 g/mol. The maximum absolute atomic E-state index is 2.55.